The summed E-state index contributed by atoms with van der Waals surface area (Å²) in [6, 6.07) is 28.5. The highest BCUT2D eigenvalue weighted by atomic mass is 14.5. The summed E-state index contributed by atoms with van der Waals surface area (Å²) in [6.45, 7) is 0.569. The predicted molar refractivity (Wildman–Crippen MR) is 103 cm³/mol. The van der Waals surface area contributed by atoms with Gasteiger partial charge in [-0.25, -0.2) is 0 Å². The van der Waals surface area contributed by atoms with E-state index < -0.39 is 0 Å². The minimum absolute atomic E-state index is 0.569. The number of hydrogen-bond donors (Lipinski definition) is 1. The van der Waals surface area contributed by atoms with Crippen LogP contribution in [-0.2, 0) is 6.54 Å². The van der Waals surface area contributed by atoms with Gasteiger partial charge in [-0.2, -0.15) is 0 Å². The van der Waals surface area contributed by atoms with Gasteiger partial charge in [-0.1, -0.05) is 72.8 Å². The fourth-order valence-electron chi connectivity index (χ4n) is 3.85. The minimum atomic E-state index is 0.569. The number of benzene rings is 5. The molecule has 5 rings (SSSR count). The van der Waals surface area contributed by atoms with Crippen LogP contribution < -0.4 is 5.73 Å². The topological polar surface area (TPSA) is 26.0 Å². The molecule has 114 valence electrons. The van der Waals surface area contributed by atoms with Crippen LogP contribution in [0.4, 0.5) is 0 Å². The first-order valence-electron chi connectivity index (χ1n) is 8.31. The lowest BCUT2D eigenvalue weighted by Crippen LogP contribution is -1.96. The summed E-state index contributed by atoms with van der Waals surface area (Å²) in [7, 11) is 0. The highest BCUT2D eigenvalue weighted by Crippen LogP contribution is 2.39. The van der Waals surface area contributed by atoms with Crippen LogP contribution in [0.5, 0.6) is 0 Å². The van der Waals surface area contributed by atoms with Gasteiger partial charge in [0.05, 0.1) is 0 Å². The molecular weight excluding hydrogens is 290 g/mol. The SMILES string of the molecule is NCc1cccc(-c2ccc3ccc4cccc5ccc2c3c45)c1. The quantitative estimate of drug-likeness (QED) is 0.415. The zero-order chi connectivity index (χ0) is 16.1. The molecule has 0 atom stereocenters. The van der Waals surface area contributed by atoms with Gasteiger partial charge in [0, 0.05) is 6.54 Å². The van der Waals surface area contributed by atoms with Gasteiger partial charge in [0.2, 0.25) is 0 Å². The lowest BCUT2D eigenvalue weighted by Gasteiger charge is -2.14. The van der Waals surface area contributed by atoms with Crippen molar-refractivity contribution in [3.8, 4) is 11.1 Å². The Bertz CT molecular complexity index is 1170. The van der Waals surface area contributed by atoms with E-state index in [-0.39, 0.29) is 0 Å². The largest absolute Gasteiger partial charge is 0.326 e. The third-order valence-electron chi connectivity index (χ3n) is 5.00. The Hall–Kier alpha value is -2.90. The third-order valence-corrected chi connectivity index (χ3v) is 5.00. The molecule has 24 heavy (non-hydrogen) atoms. The molecule has 0 saturated heterocycles. The smallest absolute Gasteiger partial charge is 0.0178 e. The molecule has 1 heteroatoms. The molecule has 0 spiro atoms. The van der Waals surface area contributed by atoms with Gasteiger partial charge in [0.25, 0.3) is 0 Å². The standard InChI is InChI=1S/C23H17N/c24-14-15-3-1-6-19(13-15)20-11-9-18-8-7-16-4-2-5-17-10-12-21(20)23(18)22(16)17/h1-13H,14,24H2. The first-order valence-corrected chi connectivity index (χ1v) is 8.31. The molecule has 0 heterocycles. The van der Waals surface area contributed by atoms with Crippen molar-refractivity contribution in [1.82, 2.24) is 0 Å². The van der Waals surface area contributed by atoms with Crippen LogP contribution >= 0.6 is 0 Å². The molecule has 0 aliphatic heterocycles. The molecule has 0 radical (unpaired) electrons. The average Bonchev–Trinajstić information content (AvgIpc) is 2.66. The summed E-state index contributed by atoms with van der Waals surface area (Å²) < 4.78 is 0. The first-order chi connectivity index (χ1) is 11.8. The van der Waals surface area contributed by atoms with Crippen molar-refractivity contribution in [3.05, 3.63) is 84.4 Å². The Kier molecular flexibility index (Phi) is 2.85. The van der Waals surface area contributed by atoms with E-state index in [0.717, 1.165) is 5.56 Å². The summed E-state index contributed by atoms with van der Waals surface area (Å²) in [5, 5.41) is 7.95. The van der Waals surface area contributed by atoms with E-state index in [9.17, 15) is 0 Å². The Morgan fingerprint density at radius 1 is 0.625 bits per heavy atom. The second-order valence-corrected chi connectivity index (χ2v) is 6.37. The second-order valence-electron chi connectivity index (χ2n) is 6.37. The molecule has 0 unspecified atom stereocenters. The minimum Gasteiger partial charge on any atom is -0.326 e. The monoisotopic (exact) mass is 307 g/mol. The van der Waals surface area contributed by atoms with Gasteiger partial charge in [-0.3, -0.25) is 0 Å². The molecular formula is C23H17N. The molecule has 2 N–H and O–H groups in total. The Labute approximate surface area is 140 Å². The summed E-state index contributed by atoms with van der Waals surface area (Å²) in [5.41, 5.74) is 9.50. The van der Waals surface area contributed by atoms with E-state index in [1.54, 1.807) is 0 Å². The van der Waals surface area contributed by atoms with Gasteiger partial charge in [0.15, 0.2) is 0 Å². The van der Waals surface area contributed by atoms with Gasteiger partial charge in [-0.05, 0) is 55.1 Å². The van der Waals surface area contributed by atoms with E-state index >= 15 is 0 Å². The van der Waals surface area contributed by atoms with Crippen LogP contribution in [0.15, 0.2) is 78.9 Å². The summed E-state index contributed by atoms with van der Waals surface area (Å²) in [6.07, 6.45) is 0. The normalized spacial score (nSPS) is 11.7. The van der Waals surface area contributed by atoms with Gasteiger partial charge < -0.3 is 5.73 Å². The van der Waals surface area contributed by atoms with Crippen LogP contribution in [-0.4, -0.2) is 0 Å². The molecule has 0 saturated carbocycles. The van der Waals surface area contributed by atoms with Crippen molar-refractivity contribution in [1.29, 1.82) is 0 Å². The number of rotatable bonds is 2. The van der Waals surface area contributed by atoms with Crippen LogP contribution in [0.25, 0.3) is 43.4 Å². The molecule has 1 nitrogen and oxygen atoms in total. The summed E-state index contributed by atoms with van der Waals surface area (Å²) in [4.78, 5) is 0. The summed E-state index contributed by atoms with van der Waals surface area (Å²) >= 11 is 0. The zero-order valence-electron chi connectivity index (χ0n) is 13.3. The van der Waals surface area contributed by atoms with E-state index in [1.165, 1.54) is 43.4 Å². The number of hydrogen-bond acceptors (Lipinski definition) is 1. The highest BCUT2D eigenvalue weighted by Gasteiger charge is 2.11. The maximum absolute atomic E-state index is 5.83. The average molecular weight is 307 g/mol. The molecule has 0 amide bonds. The van der Waals surface area contributed by atoms with Crippen molar-refractivity contribution in [2.75, 3.05) is 0 Å². The molecule has 0 aliphatic rings. The molecule has 5 aromatic rings. The fraction of sp³-hybridized carbons (Fsp3) is 0.0435. The molecule has 0 aromatic heterocycles. The maximum atomic E-state index is 5.83. The van der Waals surface area contributed by atoms with Crippen molar-refractivity contribution in [2.45, 2.75) is 6.54 Å². The van der Waals surface area contributed by atoms with Crippen LogP contribution in [0.1, 0.15) is 5.56 Å². The zero-order valence-corrected chi connectivity index (χ0v) is 13.3. The van der Waals surface area contributed by atoms with Crippen LogP contribution in [0, 0.1) is 0 Å². The van der Waals surface area contributed by atoms with Crippen molar-refractivity contribution in [2.24, 2.45) is 5.73 Å². The van der Waals surface area contributed by atoms with Crippen LogP contribution in [0.2, 0.25) is 0 Å². The van der Waals surface area contributed by atoms with E-state index in [4.69, 9.17) is 5.73 Å². The lowest BCUT2D eigenvalue weighted by molar-refractivity contribution is 1.07. The van der Waals surface area contributed by atoms with E-state index in [0.29, 0.717) is 6.54 Å². The third kappa shape index (κ3) is 1.85. The van der Waals surface area contributed by atoms with E-state index in [1.807, 2.05) is 0 Å². The first kappa shape index (κ1) is 13.5. The van der Waals surface area contributed by atoms with E-state index in [2.05, 4.69) is 78.9 Å². The van der Waals surface area contributed by atoms with Crippen molar-refractivity contribution < 1.29 is 0 Å². The van der Waals surface area contributed by atoms with Gasteiger partial charge in [-0.15, -0.1) is 0 Å². The van der Waals surface area contributed by atoms with Crippen molar-refractivity contribution >= 4 is 32.3 Å². The van der Waals surface area contributed by atoms with Gasteiger partial charge >= 0.3 is 0 Å². The van der Waals surface area contributed by atoms with Crippen LogP contribution in [0.3, 0.4) is 0 Å². The fourth-order valence-corrected chi connectivity index (χ4v) is 3.85. The Morgan fingerprint density at radius 3 is 2.08 bits per heavy atom. The number of nitrogens with two attached hydrogens (primary N) is 1. The Morgan fingerprint density at radius 2 is 1.29 bits per heavy atom. The second kappa shape index (κ2) is 5.05. The molecule has 5 aromatic carbocycles. The maximum Gasteiger partial charge on any atom is 0.0178 e. The molecule has 0 fully saturated rings. The molecule has 0 bridgehead atoms. The Balaban J connectivity index is 1.93. The molecule has 0 aliphatic carbocycles. The summed E-state index contributed by atoms with van der Waals surface area (Å²) in [5.74, 6) is 0. The lowest BCUT2D eigenvalue weighted by atomic mass is 9.89. The van der Waals surface area contributed by atoms with Gasteiger partial charge in [0.1, 0.15) is 0 Å². The predicted octanol–water partition coefficient (Wildman–Crippen LogP) is 5.71. The van der Waals surface area contributed by atoms with Crippen molar-refractivity contribution in [3.63, 3.8) is 0 Å². The highest BCUT2D eigenvalue weighted by molar-refractivity contribution is 6.25.